The Morgan fingerprint density at radius 2 is 1.93 bits per heavy atom. The van der Waals surface area contributed by atoms with Gasteiger partial charge in [-0.25, -0.2) is 14.4 Å². The summed E-state index contributed by atoms with van der Waals surface area (Å²) in [5.41, 5.74) is 0.445. The number of carbonyl (C=O) groups is 1. The third-order valence-electron chi connectivity index (χ3n) is 5.33. The molecule has 0 radical (unpaired) electrons. The van der Waals surface area contributed by atoms with Crippen LogP contribution in [-0.4, -0.2) is 52.6 Å². The van der Waals surface area contributed by atoms with E-state index in [4.69, 9.17) is 4.74 Å². The van der Waals surface area contributed by atoms with Gasteiger partial charge in [0.15, 0.2) is 0 Å². The Bertz CT molecular complexity index is 794. The molecule has 2 aliphatic rings. The summed E-state index contributed by atoms with van der Waals surface area (Å²) in [5, 5.41) is 0. The first-order chi connectivity index (χ1) is 13.1. The van der Waals surface area contributed by atoms with Gasteiger partial charge < -0.3 is 14.5 Å². The lowest BCUT2D eigenvalue weighted by Gasteiger charge is -2.42. The quantitative estimate of drug-likeness (QED) is 0.830. The molecule has 0 atom stereocenters. The number of halogens is 1. The number of rotatable bonds is 3. The van der Waals surface area contributed by atoms with Crippen molar-refractivity contribution in [3.05, 3.63) is 54.1 Å². The summed E-state index contributed by atoms with van der Waals surface area (Å²) in [5.74, 6) is 0.510. The first-order valence-electron chi connectivity index (χ1n) is 9.32. The zero-order chi connectivity index (χ0) is 18.7. The molecule has 2 saturated heterocycles. The predicted molar refractivity (Wildman–Crippen MR) is 98.6 cm³/mol. The number of amides is 1. The third-order valence-corrected chi connectivity index (χ3v) is 5.33. The first kappa shape index (κ1) is 17.9. The van der Waals surface area contributed by atoms with Gasteiger partial charge in [0.05, 0.1) is 25.2 Å². The molecule has 0 aliphatic carbocycles. The Morgan fingerprint density at radius 3 is 2.67 bits per heavy atom. The first-order valence-corrected chi connectivity index (χ1v) is 9.32. The Morgan fingerprint density at radius 1 is 1.15 bits per heavy atom. The van der Waals surface area contributed by atoms with Crippen LogP contribution in [0.5, 0.6) is 0 Å². The Labute approximate surface area is 158 Å². The van der Waals surface area contributed by atoms with Crippen molar-refractivity contribution in [3.63, 3.8) is 0 Å². The van der Waals surface area contributed by atoms with Gasteiger partial charge in [-0.2, -0.15) is 0 Å². The second-order valence-electron chi connectivity index (χ2n) is 7.20. The second kappa shape index (κ2) is 7.60. The van der Waals surface area contributed by atoms with Crippen LogP contribution in [0.1, 0.15) is 24.8 Å². The van der Waals surface area contributed by atoms with E-state index in [0.29, 0.717) is 26.1 Å². The van der Waals surface area contributed by atoms with Gasteiger partial charge in [-0.15, -0.1) is 0 Å². The number of carbonyl (C=O) groups excluding carboxylic acids is 1. The molecule has 6 nitrogen and oxygen atoms in total. The SMILES string of the molecule is O=C1CCOC2(CCN(c3ncccn3)CC2)CN1Cc1cccc(F)c1. The predicted octanol–water partition coefficient (Wildman–Crippen LogP) is 2.40. The number of anilines is 1. The fraction of sp³-hybridized carbons (Fsp3) is 0.450. The highest BCUT2D eigenvalue weighted by Crippen LogP contribution is 2.31. The fourth-order valence-electron chi connectivity index (χ4n) is 3.87. The number of hydrogen-bond acceptors (Lipinski definition) is 5. The number of piperidine rings is 1. The van der Waals surface area contributed by atoms with Crippen LogP contribution in [0.25, 0.3) is 0 Å². The molecule has 142 valence electrons. The monoisotopic (exact) mass is 370 g/mol. The van der Waals surface area contributed by atoms with Gasteiger partial charge in [0.25, 0.3) is 0 Å². The van der Waals surface area contributed by atoms with Crippen LogP contribution < -0.4 is 4.90 Å². The van der Waals surface area contributed by atoms with Crippen LogP contribution in [0.15, 0.2) is 42.7 Å². The van der Waals surface area contributed by atoms with E-state index >= 15 is 0 Å². The molecule has 2 aromatic rings. The smallest absolute Gasteiger partial charge is 0.225 e. The maximum Gasteiger partial charge on any atom is 0.225 e. The minimum absolute atomic E-state index is 0.0601. The fourth-order valence-corrected chi connectivity index (χ4v) is 3.87. The topological polar surface area (TPSA) is 58.6 Å². The summed E-state index contributed by atoms with van der Waals surface area (Å²) in [6.07, 6.45) is 5.46. The average molecular weight is 370 g/mol. The van der Waals surface area contributed by atoms with Crippen molar-refractivity contribution in [2.45, 2.75) is 31.4 Å². The van der Waals surface area contributed by atoms with Gasteiger partial charge in [0.1, 0.15) is 5.82 Å². The van der Waals surface area contributed by atoms with Gasteiger partial charge >= 0.3 is 0 Å². The number of nitrogens with zero attached hydrogens (tertiary/aromatic N) is 4. The van der Waals surface area contributed by atoms with Crippen LogP contribution >= 0.6 is 0 Å². The van der Waals surface area contributed by atoms with Crippen molar-refractivity contribution in [3.8, 4) is 0 Å². The molecule has 1 aromatic carbocycles. The summed E-state index contributed by atoms with van der Waals surface area (Å²) >= 11 is 0. The normalized spacial score (nSPS) is 20.0. The maximum atomic E-state index is 13.5. The molecule has 2 aliphatic heterocycles. The van der Waals surface area contributed by atoms with E-state index < -0.39 is 0 Å². The van der Waals surface area contributed by atoms with Crippen molar-refractivity contribution < 1.29 is 13.9 Å². The van der Waals surface area contributed by atoms with Crippen LogP contribution in [-0.2, 0) is 16.1 Å². The summed E-state index contributed by atoms with van der Waals surface area (Å²) in [7, 11) is 0. The van der Waals surface area contributed by atoms with Crippen molar-refractivity contribution in [1.29, 1.82) is 0 Å². The van der Waals surface area contributed by atoms with Crippen molar-refractivity contribution in [2.75, 3.05) is 31.1 Å². The van der Waals surface area contributed by atoms with Gasteiger partial charge in [-0.05, 0) is 36.6 Å². The van der Waals surface area contributed by atoms with E-state index in [1.165, 1.54) is 12.1 Å². The lowest BCUT2D eigenvalue weighted by molar-refractivity contribution is -0.132. The highest BCUT2D eigenvalue weighted by molar-refractivity contribution is 5.76. The van der Waals surface area contributed by atoms with E-state index in [1.807, 2.05) is 11.0 Å². The molecule has 0 N–H and O–H groups in total. The van der Waals surface area contributed by atoms with Crippen molar-refractivity contribution in [1.82, 2.24) is 14.9 Å². The number of aromatic nitrogens is 2. The van der Waals surface area contributed by atoms with Crippen LogP contribution in [0, 0.1) is 5.82 Å². The number of ether oxygens (including phenoxy) is 1. The molecular formula is C20H23FN4O2. The molecule has 2 fully saturated rings. The molecule has 27 heavy (non-hydrogen) atoms. The molecule has 4 rings (SSSR count). The van der Waals surface area contributed by atoms with Crippen LogP contribution in [0.2, 0.25) is 0 Å². The Kier molecular flexibility index (Phi) is 5.03. The molecule has 1 aromatic heterocycles. The Hall–Kier alpha value is -2.54. The minimum atomic E-state index is -0.356. The van der Waals surface area contributed by atoms with Gasteiger partial charge in [0, 0.05) is 32.0 Å². The Balaban J connectivity index is 1.46. The van der Waals surface area contributed by atoms with Gasteiger partial charge in [-0.3, -0.25) is 4.79 Å². The highest BCUT2D eigenvalue weighted by Gasteiger charge is 2.40. The van der Waals surface area contributed by atoms with E-state index in [-0.39, 0.29) is 17.3 Å². The molecule has 7 heteroatoms. The molecule has 1 spiro atoms. The van der Waals surface area contributed by atoms with Crippen LogP contribution in [0.3, 0.4) is 0 Å². The summed E-state index contributed by atoms with van der Waals surface area (Å²) in [4.78, 5) is 25.1. The summed E-state index contributed by atoms with van der Waals surface area (Å²) in [6, 6.07) is 8.24. The maximum absolute atomic E-state index is 13.5. The van der Waals surface area contributed by atoms with Crippen molar-refractivity contribution in [2.24, 2.45) is 0 Å². The van der Waals surface area contributed by atoms with Crippen molar-refractivity contribution >= 4 is 11.9 Å². The molecule has 0 bridgehead atoms. The largest absolute Gasteiger partial charge is 0.372 e. The number of benzene rings is 1. The molecule has 3 heterocycles. The van der Waals surface area contributed by atoms with E-state index in [2.05, 4.69) is 14.9 Å². The standard InChI is InChI=1S/C20H23FN4O2/c21-17-4-1-3-16(13-17)14-25-15-20(27-12-5-18(25)26)6-10-24(11-7-20)19-22-8-2-9-23-19/h1-4,8-9,13H,5-7,10-12,14-15H2. The summed E-state index contributed by atoms with van der Waals surface area (Å²) < 4.78 is 19.7. The molecule has 0 saturated carbocycles. The van der Waals surface area contributed by atoms with Gasteiger partial charge in [-0.1, -0.05) is 12.1 Å². The second-order valence-corrected chi connectivity index (χ2v) is 7.20. The summed E-state index contributed by atoms with van der Waals surface area (Å²) in [6.45, 7) is 2.94. The van der Waals surface area contributed by atoms with Gasteiger partial charge in [0.2, 0.25) is 11.9 Å². The molecular weight excluding hydrogens is 347 g/mol. The van der Waals surface area contributed by atoms with E-state index in [1.54, 1.807) is 24.5 Å². The molecule has 0 unspecified atom stereocenters. The number of hydrogen-bond donors (Lipinski definition) is 0. The average Bonchev–Trinajstić information content (AvgIpc) is 2.82. The lowest BCUT2D eigenvalue weighted by atomic mass is 9.90. The third kappa shape index (κ3) is 4.08. The zero-order valence-corrected chi connectivity index (χ0v) is 15.2. The van der Waals surface area contributed by atoms with Crippen LogP contribution in [0.4, 0.5) is 10.3 Å². The lowest BCUT2D eigenvalue weighted by Crippen LogP contribution is -2.52. The highest BCUT2D eigenvalue weighted by atomic mass is 19.1. The molecule has 1 amide bonds. The van der Waals surface area contributed by atoms with E-state index in [0.717, 1.165) is 37.4 Å². The van der Waals surface area contributed by atoms with E-state index in [9.17, 15) is 9.18 Å². The minimum Gasteiger partial charge on any atom is -0.372 e. The zero-order valence-electron chi connectivity index (χ0n) is 15.2.